The Morgan fingerprint density at radius 1 is 1.07 bits per heavy atom. The zero-order valence-electron chi connectivity index (χ0n) is 17.0. The average molecular weight is 380 g/mol. The van der Waals surface area contributed by atoms with E-state index < -0.39 is 0 Å². The number of hydrogen-bond donors (Lipinski definition) is 5. The van der Waals surface area contributed by atoms with Crippen molar-refractivity contribution in [3.05, 3.63) is 48.3 Å². The van der Waals surface area contributed by atoms with Crippen molar-refractivity contribution in [2.45, 2.75) is 39.5 Å². The highest BCUT2D eigenvalue weighted by Gasteiger charge is 2.03. The third-order valence-electron chi connectivity index (χ3n) is 3.98. The SMILES string of the molecule is C/C=C(N)\C=C/[NH2+]CCCCCC.Nc1ccc(N(CCO)CCO)cc1. The van der Waals surface area contributed by atoms with E-state index in [1.807, 2.05) is 42.3 Å². The summed E-state index contributed by atoms with van der Waals surface area (Å²) in [5, 5.41) is 19.8. The largest absolute Gasteiger partial charge is 0.399 e. The molecule has 0 radical (unpaired) electrons. The van der Waals surface area contributed by atoms with E-state index in [4.69, 9.17) is 21.7 Å². The maximum atomic E-state index is 8.83. The quantitative estimate of drug-likeness (QED) is 0.215. The molecule has 154 valence electrons. The molecule has 0 unspecified atom stereocenters. The van der Waals surface area contributed by atoms with Crippen molar-refractivity contribution in [1.82, 2.24) is 0 Å². The Morgan fingerprint density at radius 2 is 1.70 bits per heavy atom. The lowest BCUT2D eigenvalue weighted by atomic mass is 10.2. The van der Waals surface area contributed by atoms with Crippen LogP contribution in [0, 0.1) is 0 Å². The molecule has 0 heterocycles. The van der Waals surface area contributed by atoms with Crippen molar-refractivity contribution in [1.29, 1.82) is 0 Å². The molecule has 8 N–H and O–H groups in total. The van der Waals surface area contributed by atoms with Gasteiger partial charge in [0.1, 0.15) is 0 Å². The molecule has 0 bridgehead atoms. The standard InChI is InChI=1S/C11H22N2.C10H16N2O2/c1-3-5-6-7-9-13-10-8-11(12)4-2;11-9-1-3-10(4-2-9)12(5-7-13)6-8-14/h4,8,10,13H,3,5-7,9,12H2,1-2H3;1-4,13-14H,5-8,11H2/p+1/b10-8-,11-4+;. The van der Waals surface area contributed by atoms with Crippen LogP contribution in [0.2, 0.25) is 0 Å². The molecule has 6 nitrogen and oxygen atoms in total. The lowest BCUT2D eigenvalue weighted by Gasteiger charge is -2.22. The minimum atomic E-state index is 0.0738. The van der Waals surface area contributed by atoms with Gasteiger partial charge in [-0.25, -0.2) is 0 Å². The molecule has 1 rings (SSSR count). The predicted molar refractivity (Wildman–Crippen MR) is 115 cm³/mol. The number of aliphatic hydroxyl groups excluding tert-OH is 2. The summed E-state index contributed by atoms with van der Waals surface area (Å²) in [6.45, 7) is 6.54. The number of anilines is 2. The topological polar surface area (TPSA) is 112 Å². The number of nitrogen functional groups attached to an aromatic ring is 1. The summed E-state index contributed by atoms with van der Waals surface area (Å²) in [7, 11) is 0. The van der Waals surface area contributed by atoms with Gasteiger partial charge in [0.25, 0.3) is 0 Å². The van der Waals surface area contributed by atoms with E-state index in [2.05, 4.69) is 12.2 Å². The first-order chi connectivity index (χ1) is 13.1. The van der Waals surface area contributed by atoms with Crippen LogP contribution in [0.1, 0.15) is 39.5 Å². The lowest BCUT2D eigenvalue weighted by Crippen LogP contribution is -2.78. The van der Waals surface area contributed by atoms with E-state index in [9.17, 15) is 0 Å². The van der Waals surface area contributed by atoms with E-state index in [1.54, 1.807) is 12.1 Å². The first kappa shape index (κ1) is 25.0. The number of allylic oxidation sites excluding steroid dienone is 2. The van der Waals surface area contributed by atoms with Crippen LogP contribution in [0.5, 0.6) is 0 Å². The number of nitrogens with two attached hydrogens (primary N) is 3. The smallest absolute Gasteiger partial charge is 0.0946 e. The van der Waals surface area contributed by atoms with Crippen molar-refractivity contribution in [2.75, 3.05) is 43.5 Å². The van der Waals surface area contributed by atoms with E-state index >= 15 is 0 Å². The van der Waals surface area contributed by atoms with Gasteiger partial charge in [0.2, 0.25) is 0 Å². The first-order valence-corrected chi connectivity index (χ1v) is 9.82. The summed E-state index contributed by atoms with van der Waals surface area (Å²) in [6.07, 6.45) is 11.2. The maximum absolute atomic E-state index is 8.83. The van der Waals surface area contributed by atoms with Gasteiger partial charge in [0, 0.05) is 36.2 Å². The summed E-state index contributed by atoms with van der Waals surface area (Å²) < 4.78 is 0. The highest BCUT2D eigenvalue weighted by molar-refractivity contribution is 5.53. The van der Waals surface area contributed by atoms with E-state index in [1.165, 1.54) is 32.2 Å². The highest BCUT2D eigenvalue weighted by Crippen LogP contribution is 2.15. The van der Waals surface area contributed by atoms with Gasteiger partial charge in [0.15, 0.2) is 0 Å². The van der Waals surface area contributed by atoms with Crippen LogP contribution in [0.15, 0.2) is 48.3 Å². The molecule has 0 amide bonds. The number of quaternary nitrogens is 1. The Labute approximate surface area is 164 Å². The monoisotopic (exact) mass is 379 g/mol. The summed E-state index contributed by atoms with van der Waals surface area (Å²) in [5.41, 5.74) is 13.7. The van der Waals surface area contributed by atoms with Crippen molar-refractivity contribution in [3.63, 3.8) is 0 Å². The Balaban J connectivity index is 0.000000503. The molecular formula is C21H39N4O2+. The second kappa shape index (κ2) is 17.4. The van der Waals surface area contributed by atoms with Gasteiger partial charge in [-0.05, 0) is 44.0 Å². The molecule has 0 aliphatic carbocycles. The van der Waals surface area contributed by atoms with Crippen molar-refractivity contribution in [3.8, 4) is 0 Å². The number of benzene rings is 1. The van der Waals surface area contributed by atoms with Gasteiger partial charge >= 0.3 is 0 Å². The average Bonchev–Trinajstić information content (AvgIpc) is 2.68. The zero-order chi connectivity index (χ0) is 20.3. The molecule has 27 heavy (non-hydrogen) atoms. The molecule has 0 fully saturated rings. The molecule has 1 aromatic rings. The summed E-state index contributed by atoms with van der Waals surface area (Å²) in [5.74, 6) is 0. The van der Waals surface area contributed by atoms with E-state index in [0.717, 1.165) is 11.4 Å². The molecule has 0 aliphatic rings. The summed E-state index contributed by atoms with van der Waals surface area (Å²) in [4.78, 5) is 1.90. The minimum Gasteiger partial charge on any atom is -0.399 e. The van der Waals surface area contributed by atoms with Crippen LogP contribution in [0.3, 0.4) is 0 Å². The molecule has 0 saturated carbocycles. The number of nitrogens with zero attached hydrogens (tertiary/aromatic N) is 1. The van der Waals surface area contributed by atoms with Crippen LogP contribution in [0.25, 0.3) is 0 Å². The predicted octanol–water partition coefficient (Wildman–Crippen LogP) is 1.57. The van der Waals surface area contributed by atoms with Gasteiger partial charge < -0.3 is 31.9 Å². The minimum absolute atomic E-state index is 0.0738. The highest BCUT2D eigenvalue weighted by atomic mass is 16.3. The number of rotatable bonds is 12. The summed E-state index contributed by atoms with van der Waals surface area (Å²) >= 11 is 0. The van der Waals surface area contributed by atoms with Gasteiger partial charge in [0.05, 0.1) is 26.0 Å². The maximum Gasteiger partial charge on any atom is 0.0946 e. The van der Waals surface area contributed by atoms with Crippen LogP contribution in [0.4, 0.5) is 11.4 Å². The molecule has 6 heteroatoms. The molecule has 0 atom stereocenters. The fraction of sp³-hybridized carbons (Fsp3) is 0.524. The van der Waals surface area contributed by atoms with Crippen LogP contribution >= 0.6 is 0 Å². The van der Waals surface area contributed by atoms with Crippen molar-refractivity contribution in [2.24, 2.45) is 5.73 Å². The molecule has 0 spiro atoms. The fourth-order valence-electron chi connectivity index (χ4n) is 2.36. The van der Waals surface area contributed by atoms with E-state index in [-0.39, 0.29) is 13.2 Å². The normalized spacial score (nSPS) is 11.3. The van der Waals surface area contributed by atoms with Gasteiger partial charge in [-0.1, -0.05) is 25.8 Å². The third-order valence-corrected chi connectivity index (χ3v) is 3.98. The summed E-state index contributed by atoms with van der Waals surface area (Å²) in [6, 6.07) is 7.36. The Morgan fingerprint density at radius 3 is 2.22 bits per heavy atom. The van der Waals surface area contributed by atoms with Crippen molar-refractivity contribution >= 4 is 11.4 Å². The Bertz CT molecular complexity index is 509. The Hall–Kier alpha value is -2.02. The fourth-order valence-corrected chi connectivity index (χ4v) is 2.36. The number of unbranched alkanes of at least 4 members (excludes halogenated alkanes) is 3. The van der Waals surface area contributed by atoms with Gasteiger partial charge in [-0.2, -0.15) is 0 Å². The molecule has 1 aromatic carbocycles. The second-order valence-electron chi connectivity index (χ2n) is 6.26. The number of hydrogen-bond acceptors (Lipinski definition) is 5. The molecule has 0 aromatic heterocycles. The molecular weight excluding hydrogens is 340 g/mol. The van der Waals surface area contributed by atoms with E-state index in [0.29, 0.717) is 18.8 Å². The van der Waals surface area contributed by atoms with Crippen molar-refractivity contribution < 1.29 is 15.5 Å². The third kappa shape index (κ3) is 13.8. The van der Waals surface area contributed by atoms with Crippen LogP contribution < -0.4 is 21.7 Å². The van der Waals surface area contributed by atoms with Gasteiger partial charge in [-0.3, -0.25) is 0 Å². The van der Waals surface area contributed by atoms with Crippen LogP contribution in [-0.2, 0) is 0 Å². The van der Waals surface area contributed by atoms with Crippen LogP contribution in [-0.4, -0.2) is 43.1 Å². The molecule has 0 aliphatic heterocycles. The Kier molecular flexibility index (Phi) is 16.1. The van der Waals surface area contributed by atoms with Gasteiger partial charge in [-0.15, -0.1) is 0 Å². The number of aliphatic hydroxyl groups is 2. The second-order valence-corrected chi connectivity index (χ2v) is 6.26. The zero-order valence-corrected chi connectivity index (χ0v) is 17.0. The lowest BCUT2D eigenvalue weighted by molar-refractivity contribution is -0.588. The molecule has 0 saturated heterocycles. The first-order valence-electron chi connectivity index (χ1n) is 9.82.